The minimum Gasteiger partial charge on any atom is -0.484 e. The number of hydrogen-bond donors (Lipinski definition) is 0. The maximum absolute atomic E-state index is 12.2. The summed E-state index contributed by atoms with van der Waals surface area (Å²) in [4.78, 5) is 13.8. The highest BCUT2D eigenvalue weighted by molar-refractivity contribution is 5.93. The zero-order chi connectivity index (χ0) is 17.5. The van der Waals surface area contributed by atoms with Crippen LogP contribution in [0.1, 0.15) is 0 Å². The second-order valence-corrected chi connectivity index (χ2v) is 5.46. The first kappa shape index (κ1) is 16.6. The van der Waals surface area contributed by atoms with E-state index in [1.165, 1.54) is 0 Å². The third kappa shape index (κ3) is 4.61. The van der Waals surface area contributed by atoms with Crippen LogP contribution in [0.4, 0.5) is 5.69 Å². The van der Waals surface area contributed by atoms with Crippen molar-refractivity contribution in [2.75, 3.05) is 18.6 Å². The van der Waals surface area contributed by atoms with Crippen LogP contribution >= 0.6 is 0 Å². The van der Waals surface area contributed by atoms with Gasteiger partial charge in [-0.1, -0.05) is 36.4 Å². The predicted molar refractivity (Wildman–Crippen MR) is 98.3 cm³/mol. The van der Waals surface area contributed by atoms with E-state index in [-0.39, 0.29) is 12.5 Å². The molecule has 0 aliphatic rings. The molecule has 0 aromatic heterocycles. The van der Waals surface area contributed by atoms with Crippen LogP contribution in [0.15, 0.2) is 84.9 Å². The number of benzene rings is 3. The van der Waals surface area contributed by atoms with Crippen molar-refractivity contribution < 1.29 is 14.3 Å². The van der Waals surface area contributed by atoms with Gasteiger partial charge in [0.1, 0.15) is 17.2 Å². The summed E-state index contributed by atoms with van der Waals surface area (Å²) in [5, 5.41) is 0. The summed E-state index contributed by atoms with van der Waals surface area (Å²) in [6.07, 6.45) is 0. The summed E-state index contributed by atoms with van der Waals surface area (Å²) >= 11 is 0. The Morgan fingerprint density at radius 2 is 1.28 bits per heavy atom. The molecule has 0 N–H and O–H groups in total. The van der Waals surface area contributed by atoms with Crippen molar-refractivity contribution in [2.45, 2.75) is 0 Å². The zero-order valence-corrected chi connectivity index (χ0v) is 14.0. The molecule has 4 nitrogen and oxygen atoms in total. The standard InChI is InChI=1S/C21H19NO3/c1-22(17-8-4-2-5-9-17)21(23)16-24-18-12-14-20(15-13-18)25-19-10-6-3-7-11-19/h2-15H,16H2,1H3. The number of nitrogens with zero attached hydrogens (tertiary/aromatic N) is 1. The van der Waals surface area contributed by atoms with Gasteiger partial charge in [-0.05, 0) is 48.5 Å². The van der Waals surface area contributed by atoms with E-state index in [1.807, 2.05) is 72.8 Å². The van der Waals surface area contributed by atoms with Crippen LogP contribution in [0.5, 0.6) is 17.2 Å². The van der Waals surface area contributed by atoms with Crippen molar-refractivity contribution in [1.82, 2.24) is 0 Å². The van der Waals surface area contributed by atoms with Gasteiger partial charge in [0.05, 0.1) is 0 Å². The highest BCUT2D eigenvalue weighted by Gasteiger charge is 2.11. The lowest BCUT2D eigenvalue weighted by Crippen LogP contribution is -2.31. The Morgan fingerprint density at radius 3 is 1.92 bits per heavy atom. The minimum atomic E-state index is -0.115. The number of rotatable bonds is 6. The Morgan fingerprint density at radius 1 is 0.760 bits per heavy atom. The molecule has 0 radical (unpaired) electrons. The van der Waals surface area contributed by atoms with E-state index in [2.05, 4.69) is 0 Å². The summed E-state index contributed by atoms with van der Waals surface area (Å²) in [5.74, 6) is 1.99. The molecule has 0 bridgehead atoms. The van der Waals surface area contributed by atoms with E-state index in [0.29, 0.717) is 11.5 Å². The molecule has 1 amide bonds. The number of amides is 1. The molecule has 25 heavy (non-hydrogen) atoms. The first-order chi connectivity index (χ1) is 12.2. The fourth-order valence-corrected chi connectivity index (χ4v) is 2.27. The lowest BCUT2D eigenvalue weighted by Gasteiger charge is -2.17. The molecule has 0 atom stereocenters. The molecule has 0 unspecified atom stereocenters. The molecule has 0 spiro atoms. The van der Waals surface area contributed by atoms with Gasteiger partial charge in [-0.3, -0.25) is 4.79 Å². The number of ether oxygens (including phenoxy) is 2. The second-order valence-electron chi connectivity index (χ2n) is 5.46. The largest absolute Gasteiger partial charge is 0.484 e. The SMILES string of the molecule is CN(C(=O)COc1ccc(Oc2ccccc2)cc1)c1ccccc1. The van der Waals surface area contributed by atoms with E-state index in [9.17, 15) is 4.79 Å². The first-order valence-electron chi connectivity index (χ1n) is 8.00. The van der Waals surface area contributed by atoms with Gasteiger partial charge in [0, 0.05) is 12.7 Å². The maximum Gasteiger partial charge on any atom is 0.264 e. The van der Waals surface area contributed by atoms with Gasteiger partial charge in [0.2, 0.25) is 0 Å². The highest BCUT2D eigenvalue weighted by Crippen LogP contribution is 2.23. The van der Waals surface area contributed by atoms with Crippen LogP contribution in [0.3, 0.4) is 0 Å². The molecule has 4 heteroatoms. The highest BCUT2D eigenvalue weighted by atomic mass is 16.5. The van der Waals surface area contributed by atoms with Gasteiger partial charge in [-0.15, -0.1) is 0 Å². The molecule has 3 aromatic rings. The number of carbonyl (C=O) groups excluding carboxylic acids is 1. The Labute approximate surface area is 147 Å². The summed E-state index contributed by atoms with van der Waals surface area (Å²) in [5.41, 5.74) is 0.836. The summed E-state index contributed by atoms with van der Waals surface area (Å²) in [7, 11) is 1.73. The van der Waals surface area contributed by atoms with Crippen molar-refractivity contribution in [2.24, 2.45) is 0 Å². The van der Waals surface area contributed by atoms with Crippen LogP contribution in [0, 0.1) is 0 Å². The average Bonchev–Trinajstić information content (AvgIpc) is 2.68. The topological polar surface area (TPSA) is 38.8 Å². The minimum absolute atomic E-state index is 0.0235. The van der Waals surface area contributed by atoms with Crippen LogP contribution in [-0.2, 0) is 4.79 Å². The third-order valence-corrected chi connectivity index (χ3v) is 3.68. The summed E-state index contributed by atoms with van der Waals surface area (Å²) in [6.45, 7) is -0.0235. The molecule has 0 saturated heterocycles. The molecule has 0 aliphatic heterocycles. The van der Waals surface area contributed by atoms with Gasteiger partial charge in [0.15, 0.2) is 6.61 Å². The van der Waals surface area contributed by atoms with Crippen molar-refractivity contribution in [3.05, 3.63) is 84.9 Å². The van der Waals surface area contributed by atoms with Crippen molar-refractivity contribution in [1.29, 1.82) is 0 Å². The van der Waals surface area contributed by atoms with Gasteiger partial charge in [0.25, 0.3) is 5.91 Å². The number of para-hydroxylation sites is 2. The number of likely N-dealkylation sites (N-methyl/N-ethyl adjacent to an activating group) is 1. The second kappa shape index (κ2) is 8.02. The molecule has 0 aliphatic carbocycles. The van der Waals surface area contributed by atoms with Gasteiger partial charge in [-0.25, -0.2) is 0 Å². The fourth-order valence-electron chi connectivity index (χ4n) is 2.27. The van der Waals surface area contributed by atoms with Crippen LogP contribution in [-0.4, -0.2) is 19.6 Å². The summed E-state index contributed by atoms with van der Waals surface area (Å²) < 4.78 is 11.3. The first-order valence-corrected chi connectivity index (χ1v) is 8.00. The number of carbonyl (C=O) groups is 1. The number of anilines is 1. The maximum atomic E-state index is 12.2. The monoisotopic (exact) mass is 333 g/mol. The molecule has 126 valence electrons. The van der Waals surface area contributed by atoms with Gasteiger partial charge < -0.3 is 14.4 Å². The zero-order valence-electron chi connectivity index (χ0n) is 14.0. The van der Waals surface area contributed by atoms with Crippen molar-refractivity contribution in [3.8, 4) is 17.2 Å². The van der Waals surface area contributed by atoms with Gasteiger partial charge >= 0.3 is 0 Å². The molecule has 0 heterocycles. The molecular formula is C21H19NO3. The molecular weight excluding hydrogens is 314 g/mol. The van der Waals surface area contributed by atoms with Crippen LogP contribution in [0.2, 0.25) is 0 Å². The Hall–Kier alpha value is -3.27. The normalized spacial score (nSPS) is 10.1. The molecule has 3 rings (SSSR count). The molecule has 3 aromatic carbocycles. The molecule has 0 saturated carbocycles. The Balaban J connectivity index is 1.54. The van der Waals surface area contributed by atoms with E-state index in [0.717, 1.165) is 11.4 Å². The van der Waals surface area contributed by atoms with Crippen molar-refractivity contribution in [3.63, 3.8) is 0 Å². The Kier molecular flexibility index (Phi) is 5.32. The Bertz CT molecular complexity index is 802. The smallest absolute Gasteiger partial charge is 0.264 e. The molecule has 0 fully saturated rings. The van der Waals surface area contributed by atoms with E-state index in [1.54, 1.807) is 24.1 Å². The predicted octanol–water partition coefficient (Wildman–Crippen LogP) is 4.52. The quantitative estimate of drug-likeness (QED) is 0.666. The lowest BCUT2D eigenvalue weighted by molar-refractivity contribution is -0.120. The van der Waals surface area contributed by atoms with E-state index in [4.69, 9.17) is 9.47 Å². The number of hydrogen-bond acceptors (Lipinski definition) is 3. The summed E-state index contributed by atoms with van der Waals surface area (Å²) in [6, 6.07) is 26.2. The lowest BCUT2D eigenvalue weighted by atomic mass is 10.3. The van der Waals surface area contributed by atoms with Crippen LogP contribution < -0.4 is 14.4 Å². The van der Waals surface area contributed by atoms with Gasteiger partial charge in [-0.2, -0.15) is 0 Å². The fraction of sp³-hybridized carbons (Fsp3) is 0.0952. The van der Waals surface area contributed by atoms with Crippen molar-refractivity contribution >= 4 is 11.6 Å². The van der Waals surface area contributed by atoms with Crippen LogP contribution in [0.25, 0.3) is 0 Å². The third-order valence-electron chi connectivity index (χ3n) is 3.68. The van der Waals surface area contributed by atoms with E-state index < -0.39 is 0 Å². The average molecular weight is 333 g/mol. The van der Waals surface area contributed by atoms with E-state index >= 15 is 0 Å².